The molecule has 0 aliphatic rings. The summed E-state index contributed by atoms with van der Waals surface area (Å²) in [6.07, 6.45) is 0.480. The fourth-order valence-electron chi connectivity index (χ4n) is 1.04. The topological polar surface area (TPSA) is 68.0 Å². The number of nitrogens with two attached hydrogens (primary N) is 1. The number of nitrogens with zero attached hydrogens (tertiary/aromatic N) is 1. The number of carbonyl (C=O) groups is 1. The minimum atomic E-state index is -1.38. The number of pyridine rings is 1. The molecule has 0 unspecified atom stereocenters. The number of amides is 1. The van der Waals surface area contributed by atoms with E-state index in [1.54, 1.807) is 0 Å². The molecule has 4 nitrogen and oxygen atoms in total. The average molecular weight is 233 g/mol. The standard InChI is InChI=1S/C9H10F3N3O/c10-5-4-6(11)9(15-8(5)12)14-3-1-2-7(13)16/h4H,1-3H2,(H2,13,16)(H,14,15). The number of hydrogen-bond donors (Lipinski definition) is 2. The zero-order valence-corrected chi connectivity index (χ0v) is 8.27. The van der Waals surface area contributed by atoms with Crippen molar-refractivity contribution in [3.8, 4) is 0 Å². The highest BCUT2D eigenvalue weighted by molar-refractivity contribution is 5.73. The molecule has 1 rings (SSSR count). The molecule has 0 fully saturated rings. The highest BCUT2D eigenvalue weighted by atomic mass is 19.2. The number of rotatable bonds is 5. The smallest absolute Gasteiger partial charge is 0.251 e. The van der Waals surface area contributed by atoms with Crippen LogP contribution in [0.2, 0.25) is 0 Å². The normalized spacial score (nSPS) is 10.2. The second-order valence-electron chi connectivity index (χ2n) is 3.09. The quantitative estimate of drug-likeness (QED) is 0.592. The summed E-state index contributed by atoms with van der Waals surface area (Å²) in [6, 6.07) is 0.402. The predicted molar refractivity (Wildman–Crippen MR) is 51.0 cm³/mol. The second-order valence-corrected chi connectivity index (χ2v) is 3.09. The molecular formula is C9H10F3N3O. The third-order valence-corrected chi connectivity index (χ3v) is 1.78. The summed E-state index contributed by atoms with van der Waals surface area (Å²) in [6.45, 7) is 0.192. The Balaban J connectivity index is 2.54. The van der Waals surface area contributed by atoms with Crippen LogP contribution in [0.5, 0.6) is 0 Å². The van der Waals surface area contributed by atoms with Crippen LogP contribution in [0.15, 0.2) is 6.07 Å². The first-order valence-electron chi connectivity index (χ1n) is 4.54. The molecule has 7 heteroatoms. The molecule has 1 heterocycles. The molecule has 1 aromatic rings. The van der Waals surface area contributed by atoms with Gasteiger partial charge in [-0.05, 0) is 6.42 Å². The lowest BCUT2D eigenvalue weighted by Gasteiger charge is -2.05. The summed E-state index contributed by atoms with van der Waals surface area (Å²) in [5.41, 5.74) is 4.88. The Kier molecular flexibility index (Phi) is 4.10. The summed E-state index contributed by atoms with van der Waals surface area (Å²) in [4.78, 5) is 13.4. The van der Waals surface area contributed by atoms with E-state index in [0.29, 0.717) is 12.5 Å². The van der Waals surface area contributed by atoms with Gasteiger partial charge in [-0.15, -0.1) is 0 Å². The summed E-state index contributed by atoms with van der Waals surface area (Å²) < 4.78 is 38.1. The van der Waals surface area contributed by atoms with E-state index >= 15 is 0 Å². The van der Waals surface area contributed by atoms with E-state index in [-0.39, 0.29) is 18.8 Å². The molecule has 0 aromatic carbocycles. The number of halogens is 3. The zero-order valence-electron chi connectivity index (χ0n) is 8.27. The van der Waals surface area contributed by atoms with Crippen molar-refractivity contribution in [2.75, 3.05) is 11.9 Å². The largest absolute Gasteiger partial charge is 0.370 e. The van der Waals surface area contributed by atoms with Crippen LogP contribution in [0, 0.1) is 17.6 Å². The van der Waals surface area contributed by atoms with Crippen LogP contribution in [0.1, 0.15) is 12.8 Å². The van der Waals surface area contributed by atoms with E-state index in [1.807, 2.05) is 0 Å². The monoisotopic (exact) mass is 233 g/mol. The van der Waals surface area contributed by atoms with Crippen molar-refractivity contribution in [2.24, 2.45) is 5.73 Å². The molecule has 0 radical (unpaired) electrons. The Morgan fingerprint density at radius 1 is 1.38 bits per heavy atom. The number of primary amides is 1. The van der Waals surface area contributed by atoms with Crippen LogP contribution < -0.4 is 11.1 Å². The third-order valence-electron chi connectivity index (χ3n) is 1.78. The van der Waals surface area contributed by atoms with Crippen molar-refractivity contribution in [2.45, 2.75) is 12.8 Å². The Bertz CT molecular complexity index is 398. The molecule has 0 aliphatic carbocycles. The Hall–Kier alpha value is -1.79. The number of hydrogen-bond acceptors (Lipinski definition) is 3. The van der Waals surface area contributed by atoms with Gasteiger partial charge in [0.25, 0.3) is 5.95 Å². The first kappa shape index (κ1) is 12.3. The van der Waals surface area contributed by atoms with Gasteiger partial charge in [-0.3, -0.25) is 4.79 Å². The third kappa shape index (κ3) is 3.41. The maximum atomic E-state index is 13.0. The fraction of sp³-hybridized carbons (Fsp3) is 0.333. The number of carbonyl (C=O) groups excluding carboxylic acids is 1. The summed E-state index contributed by atoms with van der Waals surface area (Å²) in [5, 5.41) is 2.44. The van der Waals surface area contributed by atoms with Crippen molar-refractivity contribution in [1.82, 2.24) is 4.98 Å². The molecule has 0 atom stereocenters. The van der Waals surface area contributed by atoms with Gasteiger partial charge in [-0.2, -0.15) is 9.37 Å². The summed E-state index contributed by atoms with van der Waals surface area (Å²) in [5.74, 6) is -4.58. The molecule has 0 spiro atoms. The van der Waals surface area contributed by atoms with Gasteiger partial charge < -0.3 is 11.1 Å². The summed E-state index contributed by atoms with van der Waals surface area (Å²) >= 11 is 0. The number of aromatic nitrogens is 1. The Morgan fingerprint density at radius 2 is 2.06 bits per heavy atom. The van der Waals surface area contributed by atoms with E-state index < -0.39 is 23.5 Å². The highest BCUT2D eigenvalue weighted by Crippen LogP contribution is 2.14. The van der Waals surface area contributed by atoms with E-state index in [1.165, 1.54) is 0 Å². The average Bonchev–Trinajstić information content (AvgIpc) is 2.19. The molecule has 16 heavy (non-hydrogen) atoms. The molecular weight excluding hydrogens is 223 g/mol. The van der Waals surface area contributed by atoms with Crippen LogP contribution in [0.25, 0.3) is 0 Å². The van der Waals surface area contributed by atoms with E-state index in [9.17, 15) is 18.0 Å². The van der Waals surface area contributed by atoms with E-state index in [0.717, 1.165) is 0 Å². The van der Waals surface area contributed by atoms with Gasteiger partial charge >= 0.3 is 0 Å². The van der Waals surface area contributed by atoms with Crippen LogP contribution in [-0.2, 0) is 4.79 Å². The number of nitrogens with one attached hydrogen (secondary N) is 1. The Morgan fingerprint density at radius 3 is 2.69 bits per heavy atom. The van der Waals surface area contributed by atoms with Gasteiger partial charge in [0, 0.05) is 19.0 Å². The van der Waals surface area contributed by atoms with E-state index in [2.05, 4.69) is 10.3 Å². The maximum absolute atomic E-state index is 13.0. The molecule has 1 amide bonds. The van der Waals surface area contributed by atoms with Crippen LogP contribution in [0.3, 0.4) is 0 Å². The molecule has 3 N–H and O–H groups in total. The van der Waals surface area contributed by atoms with Crippen molar-refractivity contribution in [3.63, 3.8) is 0 Å². The van der Waals surface area contributed by atoms with Gasteiger partial charge in [0.15, 0.2) is 17.5 Å². The van der Waals surface area contributed by atoms with Crippen molar-refractivity contribution in [1.29, 1.82) is 0 Å². The van der Waals surface area contributed by atoms with Gasteiger partial charge in [0.05, 0.1) is 0 Å². The van der Waals surface area contributed by atoms with Crippen LogP contribution in [-0.4, -0.2) is 17.4 Å². The SMILES string of the molecule is NC(=O)CCCNc1nc(F)c(F)cc1F. The first-order valence-corrected chi connectivity index (χ1v) is 4.54. The minimum absolute atomic E-state index is 0.123. The van der Waals surface area contributed by atoms with Crippen LogP contribution in [0.4, 0.5) is 19.0 Å². The lowest BCUT2D eigenvalue weighted by molar-refractivity contribution is -0.118. The summed E-state index contributed by atoms with van der Waals surface area (Å²) in [7, 11) is 0. The molecule has 88 valence electrons. The highest BCUT2D eigenvalue weighted by Gasteiger charge is 2.10. The zero-order chi connectivity index (χ0) is 12.1. The van der Waals surface area contributed by atoms with Crippen LogP contribution >= 0.6 is 0 Å². The first-order chi connectivity index (χ1) is 7.50. The lowest BCUT2D eigenvalue weighted by Crippen LogP contribution is -2.13. The fourth-order valence-corrected chi connectivity index (χ4v) is 1.04. The molecule has 0 saturated carbocycles. The molecule has 0 aliphatic heterocycles. The van der Waals surface area contributed by atoms with E-state index in [4.69, 9.17) is 5.73 Å². The van der Waals surface area contributed by atoms with Gasteiger partial charge in [0.2, 0.25) is 5.91 Å². The molecule has 0 saturated heterocycles. The van der Waals surface area contributed by atoms with Gasteiger partial charge in [0.1, 0.15) is 0 Å². The molecule has 1 aromatic heterocycles. The van der Waals surface area contributed by atoms with Gasteiger partial charge in [-0.25, -0.2) is 8.78 Å². The van der Waals surface area contributed by atoms with Crippen molar-refractivity contribution < 1.29 is 18.0 Å². The minimum Gasteiger partial charge on any atom is -0.370 e. The Labute approximate surface area is 89.7 Å². The maximum Gasteiger partial charge on any atom is 0.251 e. The van der Waals surface area contributed by atoms with Gasteiger partial charge in [-0.1, -0.05) is 0 Å². The molecule has 0 bridgehead atoms. The lowest BCUT2D eigenvalue weighted by atomic mass is 10.3. The predicted octanol–water partition coefficient (Wildman–Crippen LogP) is 1.18. The number of anilines is 1. The van der Waals surface area contributed by atoms with Crippen molar-refractivity contribution in [3.05, 3.63) is 23.6 Å². The van der Waals surface area contributed by atoms with Crippen molar-refractivity contribution >= 4 is 11.7 Å². The second kappa shape index (κ2) is 5.34.